The molecule has 0 unspecified atom stereocenters. The molecule has 6 nitrogen and oxygen atoms in total. The number of rotatable bonds is 6. The summed E-state index contributed by atoms with van der Waals surface area (Å²) in [7, 11) is -1.19. The zero-order valence-corrected chi connectivity index (χ0v) is 11.6. The predicted octanol–water partition coefficient (Wildman–Crippen LogP) is -0.451. The van der Waals surface area contributed by atoms with Crippen molar-refractivity contribution in [3.05, 3.63) is 0 Å². The average Bonchev–Trinajstić information content (AvgIpc) is 2.65. The third-order valence-electron chi connectivity index (χ3n) is 2.80. The van der Waals surface area contributed by atoms with Crippen LogP contribution in [0.1, 0.15) is 13.8 Å². The summed E-state index contributed by atoms with van der Waals surface area (Å²) in [5, 5.41) is 3.06. The minimum atomic E-state index is -3.13. The maximum atomic E-state index is 11.9. The lowest BCUT2D eigenvalue weighted by atomic mass is 10.6. The van der Waals surface area contributed by atoms with E-state index in [4.69, 9.17) is 0 Å². The summed E-state index contributed by atoms with van der Waals surface area (Å²) in [6.45, 7) is 6.83. The SMILES string of the molecule is CCN(CC)S(=O)(=O)CCNC1=NCCN1C. The van der Waals surface area contributed by atoms with Crippen LogP contribution in [0.25, 0.3) is 0 Å². The summed E-state index contributed by atoms with van der Waals surface area (Å²) in [5.74, 6) is 0.904. The molecule has 17 heavy (non-hydrogen) atoms. The van der Waals surface area contributed by atoms with Gasteiger partial charge in [-0.05, 0) is 0 Å². The third-order valence-corrected chi connectivity index (χ3v) is 4.82. The van der Waals surface area contributed by atoms with E-state index in [9.17, 15) is 8.42 Å². The number of hydrogen-bond acceptors (Lipinski definition) is 5. The van der Waals surface area contributed by atoms with Crippen molar-refractivity contribution in [3.8, 4) is 0 Å². The van der Waals surface area contributed by atoms with Gasteiger partial charge >= 0.3 is 0 Å². The van der Waals surface area contributed by atoms with Crippen molar-refractivity contribution in [2.45, 2.75) is 13.8 Å². The van der Waals surface area contributed by atoms with Crippen molar-refractivity contribution < 1.29 is 8.42 Å². The van der Waals surface area contributed by atoms with Crippen LogP contribution in [0.15, 0.2) is 4.99 Å². The molecule has 7 heteroatoms. The summed E-state index contributed by atoms with van der Waals surface area (Å²) in [6, 6.07) is 0. The third kappa shape index (κ3) is 3.85. The predicted molar refractivity (Wildman–Crippen MR) is 69.6 cm³/mol. The quantitative estimate of drug-likeness (QED) is 0.704. The van der Waals surface area contributed by atoms with Gasteiger partial charge < -0.3 is 10.2 Å². The molecule has 1 N–H and O–H groups in total. The molecule has 0 fully saturated rings. The molecular weight excluding hydrogens is 240 g/mol. The van der Waals surface area contributed by atoms with Gasteiger partial charge in [-0.3, -0.25) is 4.99 Å². The molecule has 1 aliphatic rings. The van der Waals surface area contributed by atoms with Gasteiger partial charge in [-0.15, -0.1) is 0 Å². The first-order chi connectivity index (χ1) is 8.01. The van der Waals surface area contributed by atoms with Crippen LogP contribution < -0.4 is 5.32 Å². The summed E-state index contributed by atoms with van der Waals surface area (Å²) in [6.07, 6.45) is 0. The molecule has 0 bridgehead atoms. The lowest BCUT2D eigenvalue weighted by Gasteiger charge is -2.19. The van der Waals surface area contributed by atoms with Gasteiger partial charge in [0.15, 0.2) is 5.96 Å². The Morgan fingerprint density at radius 1 is 1.41 bits per heavy atom. The first kappa shape index (κ1) is 14.2. The summed E-state index contributed by atoms with van der Waals surface area (Å²) in [5.41, 5.74) is 0. The summed E-state index contributed by atoms with van der Waals surface area (Å²) in [4.78, 5) is 6.23. The largest absolute Gasteiger partial charge is 0.355 e. The average molecular weight is 262 g/mol. The van der Waals surface area contributed by atoms with E-state index in [-0.39, 0.29) is 5.75 Å². The fraction of sp³-hybridized carbons (Fsp3) is 0.900. The van der Waals surface area contributed by atoms with Gasteiger partial charge in [-0.1, -0.05) is 13.8 Å². The molecule has 0 saturated carbocycles. The summed E-state index contributed by atoms with van der Waals surface area (Å²) < 4.78 is 25.2. The molecule has 0 atom stereocenters. The topological polar surface area (TPSA) is 65.0 Å². The Kier molecular flexibility index (Phi) is 5.20. The molecule has 1 aliphatic heterocycles. The minimum absolute atomic E-state index is 0.113. The van der Waals surface area contributed by atoms with Crippen molar-refractivity contribution in [2.75, 3.05) is 45.5 Å². The molecule has 100 valence electrons. The number of nitrogens with zero attached hydrogens (tertiary/aromatic N) is 3. The van der Waals surface area contributed by atoms with E-state index < -0.39 is 10.0 Å². The number of likely N-dealkylation sites (N-methyl/N-ethyl adjacent to an activating group) is 1. The van der Waals surface area contributed by atoms with Gasteiger partial charge in [0.05, 0.1) is 12.3 Å². The van der Waals surface area contributed by atoms with Crippen LogP contribution in [0.4, 0.5) is 0 Å². The Hall–Kier alpha value is -0.820. The van der Waals surface area contributed by atoms with Crippen LogP contribution >= 0.6 is 0 Å². The van der Waals surface area contributed by atoms with E-state index in [2.05, 4.69) is 10.3 Å². The van der Waals surface area contributed by atoms with E-state index in [0.29, 0.717) is 19.6 Å². The minimum Gasteiger partial charge on any atom is -0.355 e. The maximum Gasteiger partial charge on any atom is 0.215 e. The zero-order chi connectivity index (χ0) is 12.9. The number of hydrogen-bond donors (Lipinski definition) is 1. The molecule has 0 aromatic heterocycles. The van der Waals surface area contributed by atoms with Crippen LogP contribution in [-0.4, -0.2) is 69.1 Å². The van der Waals surface area contributed by atoms with E-state index >= 15 is 0 Å². The molecule has 0 saturated heterocycles. The second-order valence-electron chi connectivity index (χ2n) is 3.95. The van der Waals surface area contributed by atoms with Crippen molar-refractivity contribution in [1.82, 2.24) is 14.5 Å². The number of guanidine groups is 1. The number of sulfonamides is 1. The van der Waals surface area contributed by atoms with Crippen molar-refractivity contribution in [1.29, 1.82) is 0 Å². The number of nitrogens with one attached hydrogen (secondary N) is 1. The fourth-order valence-corrected chi connectivity index (χ4v) is 3.17. The first-order valence-corrected chi connectivity index (χ1v) is 7.59. The Balaban J connectivity index is 2.40. The lowest BCUT2D eigenvalue weighted by molar-refractivity contribution is 0.444. The highest BCUT2D eigenvalue weighted by atomic mass is 32.2. The standard InChI is InChI=1S/C10H22N4O2S/c1-4-14(5-2)17(15,16)9-7-12-10-11-6-8-13(10)3/h4-9H2,1-3H3,(H,11,12). The van der Waals surface area contributed by atoms with E-state index in [1.807, 2.05) is 25.8 Å². The molecule has 0 amide bonds. The van der Waals surface area contributed by atoms with Gasteiger partial charge in [-0.25, -0.2) is 12.7 Å². The van der Waals surface area contributed by atoms with Gasteiger partial charge in [0, 0.05) is 33.2 Å². The van der Waals surface area contributed by atoms with Crippen LogP contribution in [0, 0.1) is 0 Å². The monoisotopic (exact) mass is 262 g/mol. The fourth-order valence-electron chi connectivity index (χ4n) is 1.76. The molecule has 0 aromatic rings. The summed E-state index contributed by atoms with van der Waals surface area (Å²) >= 11 is 0. The van der Waals surface area contributed by atoms with Crippen molar-refractivity contribution in [2.24, 2.45) is 4.99 Å². The van der Waals surface area contributed by atoms with Crippen LogP contribution in [0.3, 0.4) is 0 Å². The van der Waals surface area contributed by atoms with Crippen LogP contribution in [0.2, 0.25) is 0 Å². The molecule has 1 heterocycles. The van der Waals surface area contributed by atoms with Gasteiger partial charge in [-0.2, -0.15) is 0 Å². The molecular formula is C10H22N4O2S. The van der Waals surface area contributed by atoms with Crippen LogP contribution in [-0.2, 0) is 10.0 Å². The Morgan fingerprint density at radius 3 is 2.53 bits per heavy atom. The van der Waals surface area contributed by atoms with Gasteiger partial charge in [0.25, 0.3) is 0 Å². The van der Waals surface area contributed by atoms with Crippen molar-refractivity contribution >= 4 is 16.0 Å². The van der Waals surface area contributed by atoms with Crippen molar-refractivity contribution in [3.63, 3.8) is 0 Å². The Bertz CT molecular complexity index is 363. The van der Waals surface area contributed by atoms with E-state index in [1.165, 1.54) is 4.31 Å². The highest BCUT2D eigenvalue weighted by Crippen LogP contribution is 2.00. The molecule has 0 aliphatic carbocycles. The molecule has 0 aromatic carbocycles. The molecule has 1 rings (SSSR count). The highest BCUT2D eigenvalue weighted by molar-refractivity contribution is 7.89. The second-order valence-corrected chi connectivity index (χ2v) is 6.04. The zero-order valence-electron chi connectivity index (χ0n) is 10.8. The van der Waals surface area contributed by atoms with E-state index in [1.54, 1.807) is 0 Å². The van der Waals surface area contributed by atoms with Gasteiger partial charge in [0.2, 0.25) is 10.0 Å². The molecule has 0 radical (unpaired) electrons. The number of aliphatic imine (C=N–C) groups is 1. The molecule has 0 spiro atoms. The normalized spacial score (nSPS) is 16.5. The second kappa shape index (κ2) is 6.20. The Morgan fingerprint density at radius 2 is 2.06 bits per heavy atom. The van der Waals surface area contributed by atoms with Crippen LogP contribution in [0.5, 0.6) is 0 Å². The maximum absolute atomic E-state index is 11.9. The van der Waals surface area contributed by atoms with Gasteiger partial charge in [0.1, 0.15) is 0 Å². The van der Waals surface area contributed by atoms with E-state index in [0.717, 1.165) is 19.0 Å². The lowest BCUT2D eigenvalue weighted by Crippen LogP contribution is -2.41. The first-order valence-electron chi connectivity index (χ1n) is 5.98. The smallest absolute Gasteiger partial charge is 0.215 e. The Labute approximate surface area is 104 Å². The highest BCUT2D eigenvalue weighted by Gasteiger charge is 2.19.